The lowest BCUT2D eigenvalue weighted by molar-refractivity contribution is 0.120. The first kappa shape index (κ1) is 21.3. The maximum atomic E-state index is 14.3. The molecule has 9 heteroatoms. The van der Waals surface area contributed by atoms with Crippen molar-refractivity contribution in [2.24, 2.45) is 0 Å². The molecule has 2 aromatic heterocycles. The van der Waals surface area contributed by atoms with Crippen LogP contribution in [0.3, 0.4) is 0 Å². The molecule has 0 aliphatic rings. The first-order chi connectivity index (χ1) is 15.4. The molecule has 0 spiro atoms. The van der Waals surface area contributed by atoms with E-state index in [4.69, 9.17) is 14.7 Å². The second-order valence-electron chi connectivity index (χ2n) is 7.36. The number of aromatic nitrogens is 3. The zero-order chi connectivity index (χ0) is 22.8. The average molecular weight is 435 g/mol. The molecule has 164 valence electrons. The van der Waals surface area contributed by atoms with E-state index in [2.05, 4.69) is 20.3 Å². The molecule has 0 aliphatic heterocycles. The lowest BCUT2D eigenvalue weighted by atomic mass is 10.0. The number of anilines is 1. The van der Waals surface area contributed by atoms with E-state index in [1.54, 1.807) is 39.1 Å². The largest absolute Gasteiger partial charge is 0.487 e. The first-order valence-electron chi connectivity index (χ1n) is 10.0. The van der Waals surface area contributed by atoms with Crippen LogP contribution in [0.1, 0.15) is 12.7 Å². The molecule has 1 atom stereocenters. The standard InChI is InChI=1S/C23H22FN5O3/c1-12(30)11-32-18-5-4-14(8-19(18)31-7-6-25)21-20-16-9-15(24)10-17(26-3)22(16)29-23(20)28-13(2)27-21/h4-5,8-10,12,26,30H,7,11H2,1-3H3,(H,27,28,29)/t12-/m1/s1. The number of H-pyrrole nitrogens is 1. The average Bonchev–Trinajstić information content (AvgIpc) is 3.13. The summed E-state index contributed by atoms with van der Waals surface area (Å²) in [6, 6.07) is 10.0. The van der Waals surface area contributed by atoms with Crippen LogP contribution in [0.2, 0.25) is 0 Å². The van der Waals surface area contributed by atoms with Crippen molar-refractivity contribution < 1.29 is 19.0 Å². The van der Waals surface area contributed by atoms with Gasteiger partial charge < -0.3 is 24.9 Å². The van der Waals surface area contributed by atoms with E-state index in [1.807, 2.05) is 6.07 Å². The third-order valence-electron chi connectivity index (χ3n) is 4.90. The van der Waals surface area contributed by atoms with Gasteiger partial charge in [0.2, 0.25) is 0 Å². The zero-order valence-electron chi connectivity index (χ0n) is 17.9. The van der Waals surface area contributed by atoms with Crippen molar-refractivity contribution in [3.63, 3.8) is 0 Å². The summed E-state index contributed by atoms with van der Waals surface area (Å²) in [5, 5.41) is 22.8. The van der Waals surface area contributed by atoms with Crippen molar-refractivity contribution in [2.45, 2.75) is 20.0 Å². The normalized spacial score (nSPS) is 12.0. The van der Waals surface area contributed by atoms with Gasteiger partial charge in [-0.15, -0.1) is 0 Å². The van der Waals surface area contributed by atoms with Gasteiger partial charge in [0.05, 0.1) is 28.4 Å². The number of aliphatic hydroxyl groups excluding tert-OH is 1. The molecule has 4 aromatic rings. The van der Waals surface area contributed by atoms with E-state index in [0.29, 0.717) is 50.7 Å². The van der Waals surface area contributed by atoms with Crippen LogP contribution in [0.15, 0.2) is 30.3 Å². The van der Waals surface area contributed by atoms with Crippen molar-refractivity contribution in [3.05, 3.63) is 42.0 Å². The van der Waals surface area contributed by atoms with Gasteiger partial charge in [-0.2, -0.15) is 5.26 Å². The Morgan fingerprint density at radius 1 is 1.22 bits per heavy atom. The van der Waals surface area contributed by atoms with Gasteiger partial charge in [-0.3, -0.25) is 0 Å². The third kappa shape index (κ3) is 4.00. The van der Waals surface area contributed by atoms with E-state index >= 15 is 0 Å². The Labute approximate surface area is 183 Å². The molecular formula is C23H22FN5O3. The van der Waals surface area contributed by atoms with Crippen molar-refractivity contribution in [1.29, 1.82) is 5.26 Å². The molecule has 0 saturated heterocycles. The van der Waals surface area contributed by atoms with E-state index in [0.717, 1.165) is 5.52 Å². The number of nitriles is 1. The lowest BCUT2D eigenvalue weighted by Gasteiger charge is -2.14. The number of aromatic amines is 1. The topological polar surface area (TPSA) is 116 Å². The van der Waals surface area contributed by atoms with Crippen molar-refractivity contribution in [3.8, 4) is 28.8 Å². The highest BCUT2D eigenvalue weighted by Crippen LogP contribution is 2.39. The molecule has 32 heavy (non-hydrogen) atoms. The monoisotopic (exact) mass is 435 g/mol. The fourth-order valence-corrected chi connectivity index (χ4v) is 3.59. The summed E-state index contributed by atoms with van der Waals surface area (Å²) in [5.74, 6) is 0.902. The fraction of sp³-hybridized carbons (Fsp3) is 0.261. The van der Waals surface area contributed by atoms with Crippen LogP contribution in [0.4, 0.5) is 10.1 Å². The molecule has 0 unspecified atom stereocenters. The van der Waals surface area contributed by atoms with Crippen LogP contribution >= 0.6 is 0 Å². The molecule has 2 heterocycles. The molecule has 0 aliphatic carbocycles. The SMILES string of the molecule is CNc1cc(F)cc2c1[nH]c1nc(C)nc(-c3ccc(OC[C@@H](C)O)c(OCC#N)c3)c12. The number of hydrogen-bond donors (Lipinski definition) is 3. The predicted molar refractivity (Wildman–Crippen MR) is 119 cm³/mol. The smallest absolute Gasteiger partial charge is 0.174 e. The number of rotatable bonds is 7. The Morgan fingerprint density at radius 3 is 2.75 bits per heavy atom. The van der Waals surface area contributed by atoms with Gasteiger partial charge in [0.25, 0.3) is 0 Å². The van der Waals surface area contributed by atoms with Gasteiger partial charge in [-0.05, 0) is 44.2 Å². The molecular weight excluding hydrogens is 413 g/mol. The van der Waals surface area contributed by atoms with Crippen molar-refractivity contribution in [1.82, 2.24) is 15.0 Å². The number of hydrogen-bond acceptors (Lipinski definition) is 7. The number of benzene rings is 2. The summed E-state index contributed by atoms with van der Waals surface area (Å²) in [4.78, 5) is 12.4. The van der Waals surface area contributed by atoms with E-state index < -0.39 is 6.10 Å². The number of nitrogens with zero attached hydrogens (tertiary/aromatic N) is 3. The maximum Gasteiger partial charge on any atom is 0.174 e. The number of halogens is 1. The number of aryl methyl sites for hydroxylation is 1. The molecule has 2 aromatic carbocycles. The van der Waals surface area contributed by atoms with Gasteiger partial charge >= 0.3 is 0 Å². The number of ether oxygens (including phenoxy) is 2. The predicted octanol–water partition coefficient (Wildman–Crippen LogP) is 3.93. The minimum absolute atomic E-state index is 0.0770. The Kier molecular flexibility index (Phi) is 5.79. The molecule has 0 amide bonds. The van der Waals surface area contributed by atoms with Gasteiger partial charge in [-0.1, -0.05) is 0 Å². The van der Waals surface area contributed by atoms with E-state index in [1.165, 1.54) is 12.1 Å². The summed E-state index contributed by atoms with van der Waals surface area (Å²) in [7, 11) is 1.72. The summed E-state index contributed by atoms with van der Waals surface area (Å²) < 4.78 is 25.5. The summed E-state index contributed by atoms with van der Waals surface area (Å²) in [5.41, 5.74) is 3.20. The third-order valence-corrected chi connectivity index (χ3v) is 4.90. The van der Waals surface area contributed by atoms with E-state index in [9.17, 15) is 9.50 Å². The Morgan fingerprint density at radius 2 is 2.03 bits per heavy atom. The lowest BCUT2D eigenvalue weighted by Crippen LogP contribution is -2.13. The maximum absolute atomic E-state index is 14.3. The summed E-state index contributed by atoms with van der Waals surface area (Å²) in [6.07, 6.45) is -0.662. The van der Waals surface area contributed by atoms with Crippen LogP contribution in [-0.4, -0.2) is 46.4 Å². The minimum Gasteiger partial charge on any atom is -0.487 e. The van der Waals surface area contributed by atoms with Crippen LogP contribution < -0.4 is 14.8 Å². The Hall–Kier alpha value is -3.90. The Balaban J connectivity index is 1.93. The first-order valence-corrected chi connectivity index (χ1v) is 10.0. The molecule has 4 rings (SSSR count). The molecule has 0 radical (unpaired) electrons. The Bertz CT molecular complexity index is 1340. The van der Waals surface area contributed by atoms with Crippen molar-refractivity contribution >= 4 is 27.6 Å². The van der Waals surface area contributed by atoms with Crippen LogP contribution in [0, 0.1) is 24.1 Å². The highest BCUT2D eigenvalue weighted by atomic mass is 19.1. The zero-order valence-corrected chi connectivity index (χ0v) is 17.9. The highest BCUT2D eigenvalue weighted by Gasteiger charge is 2.19. The number of nitrogens with one attached hydrogen (secondary N) is 2. The quantitative estimate of drug-likeness (QED) is 0.403. The van der Waals surface area contributed by atoms with Crippen molar-refractivity contribution in [2.75, 3.05) is 25.6 Å². The second kappa shape index (κ2) is 8.69. The van der Waals surface area contributed by atoms with Crippen LogP contribution in [0.25, 0.3) is 33.2 Å². The van der Waals surface area contributed by atoms with E-state index in [-0.39, 0.29) is 19.0 Å². The molecule has 0 saturated carbocycles. The highest BCUT2D eigenvalue weighted by molar-refractivity contribution is 6.15. The van der Waals surface area contributed by atoms with Gasteiger partial charge in [-0.25, -0.2) is 14.4 Å². The fourth-order valence-electron chi connectivity index (χ4n) is 3.59. The van der Waals surface area contributed by atoms with Crippen LogP contribution in [0.5, 0.6) is 11.5 Å². The minimum atomic E-state index is -0.662. The van der Waals surface area contributed by atoms with Gasteiger partial charge in [0, 0.05) is 18.0 Å². The number of aliphatic hydroxyl groups is 1. The number of fused-ring (bicyclic) bond motifs is 3. The molecule has 3 N–H and O–H groups in total. The summed E-state index contributed by atoms with van der Waals surface area (Å²) in [6.45, 7) is 3.30. The van der Waals surface area contributed by atoms with Crippen LogP contribution in [-0.2, 0) is 0 Å². The summed E-state index contributed by atoms with van der Waals surface area (Å²) >= 11 is 0. The van der Waals surface area contributed by atoms with Gasteiger partial charge in [0.1, 0.15) is 30.0 Å². The van der Waals surface area contributed by atoms with Gasteiger partial charge in [0.15, 0.2) is 18.1 Å². The molecule has 0 bridgehead atoms. The second-order valence-corrected chi connectivity index (χ2v) is 7.36. The molecule has 8 nitrogen and oxygen atoms in total. The molecule has 0 fully saturated rings.